The Balaban J connectivity index is 2.27. The van der Waals surface area contributed by atoms with Gasteiger partial charge >= 0.3 is 12.0 Å². The molecule has 1 rings (SSSR count). The number of carbonyl (C=O) groups is 2. The fraction of sp³-hybridized carbons (Fsp3) is 0.846. The van der Waals surface area contributed by atoms with E-state index in [0.29, 0.717) is 19.6 Å². The first kappa shape index (κ1) is 16.7. The fourth-order valence-corrected chi connectivity index (χ4v) is 2.18. The molecule has 0 radical (unpaired) electrons. The Morgan fingerprint density at radius 2 is 1.85 bits per heavy atom. The molecule has 2 amide bonds. The fourth-order valence-electron chi connectivity index (χ4n) is 2.18. The van der Waals surface area contributed by atoms with E-state index in [1.807, 2.05) is 21.0 Å². The molecule has 0 saturated carbocycles. The maximum absolute atomic E-state index is 12.1. The molecule has 1 aliphatic heterocycles. The quantitative estimate of drug-likeness (QED) is 0.722. The molecule has 116 valence electrons. The van der Waals surface area contributed by atoms with Crippen molar-refractivity contribution < 1.29 is 19.4 Å². The number of hydrogen-bond donors (Lipinski definition) is 1. The summed E-state index contributed by atoms with van der Waals surface area (Å²) in [6.45, 7) is 4.04. The molecule has 1 saturated heterocycles. The Morgan fingerprint density at radius 1 is 1.25 bits per heavy atom. The van der Waals surface area contributed by atoms with Crippen LogP contribution >= 0.6 is 0 Å². The van der Waals surface area contributed by atoms with Gasteiger partial charge in [0.25, 0.3) is 0 Å². The number of rotatable bonds is 7. The minimum Gasteiger partial charge on any atom is -0.480 e. The highest BCUT2D eigenvalue weighted by Gasteiger charge is 2.43. The van der Waals surface area contributed by atoms with Crippen LogP contribution in [0.5, 0.6) is 0 Å². The Bertz CT molecular complexity index is 354. The van der Waals surface area contributed by atoms with E-state index in [2.05, 4.69) is 4.90 Å². The van der Waals surface area contributed by atoms with E-state index in [0.717, 1.165) is 13.0 Å². The molecule has 1 aliphatic rings. The molecule has 0 unspecified atom stereocenters. The smallest absolute Gasteiger partial charge is 0.329 e. The zero-order valence-corrected chi connectivity index (χ0v) is 12.8. The molecular formula is C13H25N3O4. The molecule has 0 aromatic heterocycles. The first-order valence-electron chi connectivity index (χ1n) is 6.74. The lowest BCUT2D eigenvalue weighted by atomic mass is 9.97. The maximum atomic E-state index is 12.1. The maximum Gasteiger partial charge on any atom is 0.329 e. The van der Waals surface area contributed by atoms with Gasteiger partial charge in [-0.25, -0.2) is 9.59 Å². The number of hydrogen-bond acceptors (Lipinski definition) is 4. The summed E-state index contributed by atoms with van der Waals surface area (Å²) in [5, 5.41) is 8.58. The van der Waals surface area contributed by atoms with Crippen LogP contribution in [-0.4, -0.2) is 91.3 Å². The molecule has 1 N–H and O–H groups in total. The van der Waals surface area contributed by atoms with E-state index in [1.165, 1.54) is 0 Å². The Kier molecular flexibility index (Phi) is 5.76. The molecule has 1 fully saturated rings. The van der Waals surface area contributed by atoms with Crippen molar-refractivity contribution in [2.75, 3.05) is 53.9 Å². The summed E-state index contributed by atoms with van der Waals surface area (Å²) in [5.74, 6) is -0.989. The van der Waals surface area contributed by atoms with Gasteiger partial charge in [-0.05, 0) is 34.0 Å². The number of likely N-dealkylation sites (tertiary alicyclic amines) is 1. The zero-order valence-electron chi connectivity index (χ0n) is 12.8. The van der Waals surface area contributed by atoms with Crippen molar-refractivity contribution in [2.24, 2.45) is 0 Å². The molecule has 0 aromatic rings. The van der Waals surface area contributed by atoms with Gasteiger partial charge < -0.3 is 24.5 Å². The van der Waals surface area contributed by atoms with Crippen molar-refractivity contribution in [3.8, 4) is 0 Å². The van der Waals surface area contributed by atoms with Crippen molar-refractivity contribution in [3.63, 3.8) is 0 Å². The van der Waals surface area contributed by atoms with Gasteiger partial charge in [0.05, 0.1) is 13.1 Å². The van der Waals surface area contributed by atoms with Crippen LogP contribution in [0.2, 0.25) is 0 Å². The summed E-state index contributed by atoms with van der Waals surface area (Å²) in [7, 11) is 5.79. The normalized spacial score (nSPS) is 16.9. The van der Waals surface area contributed by atoms with Crippen molar-refractivity contribution in [1.29, 1.82) is 0 Å². The average Bonchev–Trinajstić information content (AvgIpc) is 2.31. The van der Waals surface area contributed by atoms with Gasteiger partial charge in [0.15, 0.2) is 0 Å². The standard InChI is InChI=1S/C13H25N3O4/c1-13(20-8-11(17)18)9-16(10-13)12(19)15(4)7-5-6-14(2)3/h5-10H2,1-4H3,(H,17,18). The molecule has 0 spiro atoms. The summed E-state index contributed by atoms with van der Waals surface area (Å²) in [4.78, 5) is 28.0. The second-order valence-corrected chi connectivity index (χ2v) is 5.85. The number of carboxylic acids is 1. The minimum atomic E-state index is -0.989. The number of ether oxygens (including phenoxy) is 1. The lowest BCUT2D eigenvalue weighted by Crippen LogP contribution is -2.65. The van der Waals surface area contributed by atoms with Crippen LogP contribution in [0.3, 0.4) is 0 Å². The zero-order chi connectivity index (χ0) is 15.3. The van der Waals surface area contributed by atoms with Crippen LogP contribution in [0, 0.1) is 0 Å². The van der Waals surface area contributed by atoms with Gasteiger partial charge in [0.1, 0.15) is 12.2 Å². The molecule has 7 nitrogen and oxygen atoms in total. The number of nitrogens with zero attached hydrogens (tertiary/aromatic N) is 3. The van der Waals surface area contributed by atoms with Gasteiger partial charge in [-0.15, -0.1) is 0 Å². The predicted octanol–water partition coefficient (Wildman–Crippen LogP) is 0.165. The predicted molar refractivity (Wildman–Crippen MR) is 74.8 cm³/mol. The molecule has 0 bridgehead atoms. The van der Waals surface area contributed by atoms with Crippen molar-refractivity contribution in [3.05, 3.63) is 0 Å². The highest BCUT2D eigenvalue weighted by molar-refractivity contribution is 5.75. The number of amides is 2. The number of aliphatic carboxylic acids is 1. The van der Waals surface area contributed by atoms with Crippen molar-refractivity contribution in [1.82, 2.24) is 14.7 Å². The molecule has 1 heterocycles. The molecule has 0 atom stereocenters. The van der Waals surface area contributed by atoms with E-state index in [-0.39, 0.29) is 12.6 Å². The van der Waals surface area contributed by atoms with Crippen molar-refractivity contribution >= 4 is 12.0 Å². The molecule has 0 aromatic carbocycles. The Morgan fingerprint density at radius 3 is 2.35 bits per heavy atom. The first-order valence-corrected chi connectivity index (χ1v) is 6.74. The van der Waals surface area contributed by atoms with Crippen LogP contribution in [0.1, 0.15) is 13.3 Å². The summed E-state index contributed by atoms with van der Waals surface area (Å²) in [6.07, 6.45) is 0.926. The molecule has 20 heavy (non-hydrogen) atoms. The van der Waals surface area contributed by atoms with E-state index in [9.17, 15) is 9.59 Å². The van der Waals surface area contributed by atoms with Gasteiger partial charge in [-0.1, -0.05) is 0 Å². The molecule has 7 heteroatoms. The summed E-state index contributed by atoms with van der Waals surface area (Å²) in [6, 6.07) is -0.0276. The third-order valence-electron chi connectivity index (χ3n) is 3.29. The SMILES string of the molecule is CN(C)CCCN(C)C(=O)N1CC(C)(OCC(=O)O)C1. The second-order valence-electron chi connectivity index (χ2n) is 5.85. The van der Waals surface area contributed by atoms with E-state index in [4.69, 9.17) is 9.84 Å². The van der Waals surface area contributed by atoms with Crippen LogP contribution in [0.25, 0.3) is 0 Å². The number of urea groups is 1. The largest absolute Gasteiger partial charge is 0.480 e. The first-order chi connectivity index (χ1) is 9.23. The van der Waals surface area contributed by atoms with Gasteiger partial charge in [-0.2, -0.15) is 0 Å². The Labute approximate surface area is 120 Å². The van der Waals surface area contributed by atoms with Crippen LogP contribution in [0.4, 0.5) is 4.79 Å². The van der Waals surface area contributed by atoms with Crippen molar-refractivity contribution in [2.45, 2.75) is 18.9 Å². The Hall–Kier alpha value is -1.34. The summed E-state index contributed by atoms with van der Waals surface area (Å²) < 4.78 is 5.28. The summed E-state index contributed by atoms with van der Waals surface area (Å²) in [5.41, 5.74) is -0.529. The third kappa shape index (κ3) is 4.97. The van der Waals surface area contributed by atoms with Gasteiger partial charge in [0.2, 0.25) is 0 Å². The van der Waals surface area contributed by atoms with E-state index in [1.54, 1.807) is 16.8 Å². The second kappa shape index (κ2) is 6.90. The lowest BCUT2D eigenvalue weighted by Gasteiger charge is -2.48. The number of carbonyl (C=O) groups excluding carboxylic acids is 1. The average molecular weight is 287 g/mol. The highest BCUT2D eigenvalue weighted by atomic mass is 16.5. The lowest BCUT2D eigenvalue weighted by molar-refractivity contribution is -0.160. The topological polar surface area (TPSA) is 73.3 Å². The highest BCUT2D eigenvalue weighted by Crippen LogP contribution is 2.25. The van der Waals surface area contributed by atoms with Gasteiger partial charge in [-0.3, -0.25) is 0 Å². The van der Waals surface area contributed by atoms with E-state index < -0.39 is 11.6 Å². The third-order valence-corrected chi connectivity index (χ3v) is 3.29. The molecular weight excluding hydrogens is 262 g/mol. The van der Waals surface area contributed by atoms with Crippen LogP contribution in [-0.2, 0) is 9.53 Å². The monoisotopic (exact) mass is 287 g/mol. The summed E-state index contributed by atoms with van der Waals surface area (Å²) >= 11 is 0. The van der Waals surface area contributed by atoms with Crippen LogP contribution < -0.4 is 0 Å². The number of carboxylic acid groups (broad SMARTS) is 1. The molecule has 0 aliphatic carbocycles. The van der Waals surface area contributed by atoms with E-state index >= 15 is 0 Å². The van der Waals surface area contributed by atoms with Crippen LogP contribution in [0.15, 0.2) is 0 Å². The van der Waals surface area contributed by atoms with Gasteiger partial charge in [0, 0.05) is 13.6 Å². The minimum absolute atomic E-state index is 0.0276.